The zero-order valence-corrected chi connectivity index (χ0v) is 17.8. The van der Waals surface area contributed by atoms with Gasteiger partial charge in [-0.1, -0.05) is 36.4 Å². The molecule has 0 saturated carbocycles. The second kappa shape index (κ2) is 8.45. The molecule has 8 heteroatoms. The molecule has 0 spiro atoms. The summed E-state index contributed by atoms with van der Waals surface area (Å²) < 4.78 is 3.19. The minimum atomic E-state index is -0.479. The van der Waals surface area contributed by atoms with Crippen molar-refractivity contribution in [3.05, 3.63) is 98.6 Å². The molecule has 2 heterocycles. The third kappa shape index (κ3) is 3.93. The lowest BCUT2D eigenvalue weighted by molar-refractivity contribution is 0.102. The van der Waals surface area contributed by atoms with E-state index in [1.165, 1.54) is 16.0 Å². The summed E-state index contributed by atoms with van der Waals surface area (Å²) in [6, 6.07) is 19.4. The molecule has 0 fully saturated rings. The van der Waals surface area contributed by atoms with Gasteiger partial charge in [-0.05, 0) is 42.6 Å². The van der Waals surface area contributed by atoms with Crippen molar-refractivity contribution in [3.63, 3.8) is 0 Å². The van der Waals surface area contributed by atoms with E-state index in [0.717, 1.165) is 0 Å². The second-order valence-corrected chi connectivity index (χ2v) is 7.82. The van der Waals surface area contributed by atoms with Crippen molar-refractivity contribution in [1.29, 1.82) is 0 Å². The molecule has 4 aromatic rings. The van der Waals surface area contributed by atoms with Crippen molar-refractivity contribution in [2.45, 2.75) is 6.92 Å². The molecule has 0 radical (unpaired) electrons. The van der Waals surface area contributed by atoms with Crippen LogP contribution in [0.5, 0.6) is 0 Å². The largest absolute Gasteiger partial charge is 0.321 e. The van der Waals surface area contributed by atoms with Crippen LogP contribution >= 0.6 is 11.3 Å². The topological polar surface area (TPSA) is 85.1 Å². The van der Waals surface area contributed by atoms with Gasteiger partial charge in [0.25, 0.3) is 17.4 Å². The van der Waals surface area contributed by atoms with E-state index in [4.69, 9.17) is 0 Å². The molecule has 156 valence electrons. The summed E-state index contributed by atoms with van der Waals surface area (Å²) in [5.41, 5.74) is 1.80. The number of benzene rings is 2. The Labute approximate surface area is 182 Å². The van der Waals surface area contributed by atoms with Crippen molar-refractivity contribution >= 4 is 34.5 Å². The van der Waals surface area contributed by atoms with Crippen molar-refractivity contribution in [2.24, 2.45) is 7.05 Å². The Balaban J connectivity index is 1.64. The lowest BCUT2D eigenvalue weighted by atomic mass is 10.1. The van der Waals surface area contributed by atoms with Gasteiger partial charge in [0, 0.05) is 7.05 Å². The third-order valence-electron chi connectivity index (χ3n) is 4.96. The SMILES string of the molecule is Cc1c(NC(=O)c2ccccc2NC(=O)c2cccs2)c(=O)n(-c2ccccc2)n1C. The average Bonchev–Trinajstić information content (AvgIpc) is 3.39. The smallest absolute Gasteiger partial charge is 0.295 e. The predicted molar refractivity (Wildman–Crippen MR) is 122 cm³/mol. The summed E-state index contributed by atoms with van der Waals surface area (Å²) in [4.78, 5) is 39.1. The van der Waals surface area contributed by atoms with Crippen LogP contribution in [0.2, 0.25) is 0 Å². The van der Waals surface area contributed by atoms with Gasteiger partial charge in [0.15, 0.2) is 0 Å². The number of nitrogens with one attached hydrogen (secondary N) is 2. The number of rotatable bonds is 5. The fraction of sp³-hybridized carbons (Fsp3) is 0.0870. The average molecular weight is 433 g/mol. The van der Waals surface area contributed by atoms with Gasteiger partial charge >= 0.3 is 0 Å². The van der Waals surface area contributed by atoms with Crippen LogP contribution in [0.25, 0.3) is 5.69 Å². The number of nitrogens with zero attached hydrogens (tertiary/aromatic N) is 2. The third-order valence-corrected chi connectivity index (χ3v) is 5.83. The maximum Gasteiger partial charge on any atom is 0.295 e. The normalized spacial score (nSPS) is 10.6. The standard InChI is InChI=1S/C23H20N4O3S/c1-15-20(23(30)27(26(15)2)16-9-4-3-5-10-16)25-21(28)17-11-6-7-12-18(17)24-22(29)19-13-8-14-31-19/h3-14H,1-2H3,(H,24,29)(H,25,28). The van der Waals surface area contributed by atoms with Crippen molar-refractivity contribution in [2.75, 3.05) is 10.6 Å². The molecular weight excluding hydrogens is 412 g/mol. The minimum absolute atomic E-state index is 0.190. The molecule has 7 nitrogen and oxygen atoms in total. The molecule has 0 atom stereocenters. The number of thiophene rings is 1. The van der Waals surface area contributed by atoms with Crippen LogP contribution < -0.4 is 16.2 Å². The van der Waals surface area contributed by atoms with Gasteiger partial charge < -0.3 is 10.6 Å². The molecule has 0 unspecified atom stereocenters. The number of para-hydroxylation sites is 2. The van der Waals surface area contributed by atoms with Crippen LogP contribution in [0, 0.1) is 6.92 Å². The molecule has 31 heavy (non-hydrogen) atoms. The second-order valence-electron chi connectivity index (χ2n) is 6.87. The Kier molecular flexibility index (Phi) is 5.55. The molecule has 2 amide bonds. The lowest BCUT2D eigenvalue weighted by Gasteiger charge is -2.10. The highest BCUT2D eigenvalue weighted by Crippen LogP contribution is 2.20. The molecular formula is C23H20N4O3S. The first-order valence-corrected chi connectivity index (χ1v) is 10.4. The van der Waals surface area contributed by atoms with E-state index < -0.39 is 5.91 Å². The number of carbonyl (C=O) groups is 2. The van der Waals surface area contributed by atoms with Crippen LogP contribution in [0.4, 0.5) is 11.4 Å². The maximum atomic E-state index is 13.1. The monoisotopic (exact) mass is 432 g/mol. The first kappa shape index (κ1) is 20.4. The van der Waals surface area contributed by atoms with Crippen LogP contribution in [-0.4, -0.2) is 21.2 Å². The Hall–Kier alpha value is -3.91. The highest BCUT2D eigenvalue weighted by atomic mass is 32.1. The molecule has 0 bridgehead atoms. The van der Waals surface area contributed by atoms with E-state index in [1.54, 1.807) is 55.1 Å². The van der Waals surface area contributed by atoms with Crippen LogP contribution in [-0.2, 0) is 7.05 Å². The number of aromatic nitrogens is 2. The van der Waals surface area contributed by atoms with Gasteiger partial charge in [-0.2, -0.15) is 0 Å². The first-order chi connectivity index (χ1) is 15.0. The maximum absolute atomic E-state index is 13.1. The van der Waals surface area contributed by atoms with Gasteiger partial charge in [-0.3, -0.25) is 19.1 Å². The molecule has 2 aromatic heterocycles. The molecule has 0 aliphatic heterocycles. The Bertz CT molecular complexity index is 1300. The van der Waals surface area contributed by atoms with Crippen LogP contribution in [0.15, 0.2) is 76.9 Å². The first-order valence-electron chi connectivity index (χ1n) is 9.56. The highest BCUT2D eigenvalue weighted by Gasteiger charge is 2.21. The van der Waals surface area contributed by atoms with Gasteiger partial charge in [-0.25, -0.2) is 4.68 Å². The van der Waals surface area contributed by atoms with Gasteiger partial charge in [-0.15, -0.1) is 11.3 Å². The molecule has 4 rings (SSSR count). The Morgan fingerprint density at radius 2 is 1.58 bits per heavy atom. The molecule has 2 N–H and O–H groups in total. The quantitative estimate of drug-likeness (QED) is 0.499. The zero-order valence-electron chi connectivity index (χ0n) is 17.0. The molecule has 0 saturated heterocycles. The minimum Gasteiger partial charge on any atom is -0.321 e. The predicted octanol–water partition coefficient (Wildman–Crippen LogP) is 4.05. The summed E-state index contributed by atoms with van der Waals surface area (Å²) in [7, 11) is 1.76. The zero-order chi connectivity index (χ0) is 22.0. The molecule has 0 aliphatic rings. The van der Waals surface area contributed by atoms with Gasteiger partial charge in [0.2, 0.25) is 0 Å². The van der Waals surface area contributed by atoms with Crippen molar-refractivity contribution in [3.8, 4) is 5.69 Å². The van der Waals surface area contributed by atoms with E-state index >= 15 is 0 Å². The fourth-order valence-corrected chi connectivity index (χ4v) is 3.89. The van der Waals surface area contributed by atoms with E-state index in [2.05, 4.69) is 10.6 Å². The van der Waals surface area contributed by atoms with Crippen molar-refractivity contribution < 1.29 is 9.59 Å². The summed E-state index contributed by atoms with van der Waals surface area (Å²) in [5, 5.41) is 7.31. The summed E-state index contributed by atoms with van der Waals surface area (Å²) in [6.45, 7) is 1.76. The van der Waals surface area contributed by atoms with E-state index in [1.807, 2.05) is 35.7 Å². The van der Waals surface area contributed by atoms with Gasteiger partial charge in [0.05, 0.1) is 27.5 Å². The fourth-order valence-electron chi connectivity index (χ4n) is 3.27. The Morgan fingerprint density at radius 3 is 2.29 bits per heavy atom. The highest BCUT2D eigenvalue weighted by molar-refractivity contribution is 7.12. The van der Waals surface area contributed by atoms with E-state index in [9.17, 15) is 14.4 Å². The van der Waals surface area contributed by atoms with Crippen LogP contribution in [0.3, 0.4) is 0 Å². The summed E-state index contributed by atoms with van der Waals surface area (Å²) in [6.07, 6.45) is 0. The number of amides is 2. The van der Waals surface area contributed by atoms with Gasteiger partial charge in [0.1, 0.15) is 5.69 Å². The molecule has 0 aliphatic carbocycles. The van der Waals surface area contributed by atoms with E-state index in [0.29, 0.717) is 21.9 Å². The molecule has 2 aromatic carbocycles. The number of hydrogen-bond donors (Lipinski definition) is 2. The number of hydrogen-bond acceptors (Lipinski definition) is 4. The van der Waals surface area contributed by atoms with Crippen LogP contribution in [0.1, 0.15) is 25.7 Å². The summed E-state index contributed by atoms with van der Waals surface area (Å²) >= 11 is 1.31. The van der Waals surface area contributed by atoms with E-state index in [-0.39, 0.29) is 22.7 Å². The lowest BCUT2D eigenvalue weighted by Crippen LogP contribution is -2.23. The number of carbonyl (C=O) groups excluding carboxylic acids is 2. The summed E-state index contributed by atoms with van der Waals surface area (Å²) in [5.74, 6) is -0.773. The Morgan fingerprint density at radius 1 is 0.871 bits per heavy atom. The van der Waals surface area contributed by atoms with Crippen molar-refractivity contribution in [1.82, 2.24) is 9.36 Å². The number of anilines is 2.